The highest BCUT2D eigenvalue weighted by Gasteiger charge is 2.26. The maximum Gasteiger partial charge on any atom is 0.358 e. The zero-order valence-electron chi connectivity index (χ0n) is 13.2. The fraction of sp³-hybridized carbons (Fsp3) is 0.412. The van der Waals surface area contributed by atoms with E-state index < -0.39 is 5.97 Å². The molecule has 1 aliphatic heterocycles. The Kier molecular flexibility index (Phi) is 4.62. The molecule has 1 saturated heterocycles. The van der Waals surface area contributed by atoms with Crippen LogP contribution in [-0.2, 0) is 6.61 Å². The summed E-state index contributed by atoms with van der Waals surface area (Å²) in [6.45, 7) is 2.23. The highest BCUT2D eigenvalue weighted by Crippen LogP contribution is 2.28. The fourth-order valence-electron chi connectivity index (χ4n) is 2.91. The van der Waals surface area contributed by atoms with E-state index >= 15 is 0 Å². The van der Waals surface area contributed by atoms with Crippen molar-refractivity contribution in [1.29, 1.82) is 0 Å². The summed E-state index contributed by atoms with van der Waals surface area (Å²) in [7, 11) is 2.08. The van der Waals surface area contributed by atoms with Crippen LogP contribution in [0.15, 0.2) is 36.5 Å². The number of hydrogen-bond acceptors (Lipinski definition) is 4. The Morgan fingerprint density at radius 1 is 1.30 bits per heavy atom. The van der Waals surface area contributed by atoms with Crippen molar-refractivity contribution < 1.29 is 14.6 Å². The molecule has 1 N–H and O–H groups in total. The highest BCUT2D eigenvalue weighted by atomic mass is 16.5. The Bertz CT molecular complexity index is 661. The van der Waals surface area contributed by atoms with E-state index in [1.54, 1.807) is 4.68 Å². The topological polar surface area (TPSA) is 67.6 Å². The molecule has 0 atom stereocenters. The van der Waals surface area contributed by atoms with Crippen molar-refractivity contribution in [2.45, 2.75) is 25.5 Å². The van der Waals surface area contributed by atoms with Gasteiger partial charge in [-0.3, -0.25) is 4.68 Å². The van der Waals surface area contributed by atoms with E-state index in [0.717, 1.165) is 31.5 Å². The SMILES string of the molecule is CN1CCC(n2ncc(OCc3ccccc3)c2C(=O)O)CC1. The van der Waals surface area contributed by atoms with Gasteiger partial charge in [-0.2, -0.15) is 5.10 Å². The first-order valence-electron chi connectivity index (χ1n) is 7.81. The van der Waals surface area contributed by atoms with Gasteiger partial charge >= 0.3 is 5.97 Å². The number of likely N-dealkylation sites (tertiary alicyclic amines) is 1. The molecular formula is C17H21N3O3. The largest absolute Gasteiger partial charge is 0.485 e. The lowest BCUT2D eigenvalue weighted by molar-refractivity contribution is 0.0670. The fourth-order valence-corrected chi connectivity index (χ4v) is 2.91. The van der Waals surface area contributed by atoms with Crippen LogP contribution in [0.4, 0.5) is 0 Å². The summed E-state index contributed by atoms with van der Waals surface area (Å²) in [4.78, 5) is 13.9. The minimum absolute atomic E-state index is 0.117. The van der Waals surface area contributed by atoms with Gasteiger partial charge in [-0.25, -0.2) is 4.79 Å². The molecule has 0 saturated carbocycles. The molecule has 0 spiro atoms. The molecule has 0 amide bonds. The second kappa shape index (κ2) is 6.83. The molecule has 2 aromatic rings. The van der Waals surface area contributed by atoms with Crippen molar-refractivity contribution in [2.75, 3.05) is 20.1 Å². The minimum atomic E-state index is -0.996. The van der Waals surface area contributed by atoms with Gasteiger partial charge in [0.25, 0.3) is 0 Å². The second-order valence-electron chi connectivity index (χ2n) is 5.92. The van der Waals surface area contributed by atoms with Crippen molar-refractivity contribution in [3.63, 3.8) is 0 Å². The Labute approximate surface area is 135 Å². The molecular weight excluding hydrogens is 294 g/mol. The summed E-state index contributed by atoms with van der Waals surface area (Å²) in [6, 6.07) is 9.80. The minimum Gasteiger partial charge on any atom is -0.485 e. The summed E-state index contributed by atoms with van der Waals surface area (Å²) in [5.74, 6) is -0.662. The standard InChI is InChI=1S/C17H21N3O3/c1-19-9-7-14(8-10-19)20-16(17(21)22)15(11-18-20)23-12-13-5-3-2-4-6-13/h2-6,11,14H,7-10,12H2,1H3,(H,21,22). The molecule has 1 aromatic carbocycles. The van der Waals surface area contributed by atoms with Gasteiger partial charge in [0.2, 0.25) is 0 Å². The predicted molar refractivity (Wildman–Crippen MR) is 85.7 cm³/mol. The van der Waals surface area contributed by atoms with Gasteiger partial charge in [0.15, 0.2) is 11.4 Å². The van der Waals surface area contributed by atoms with Crippen molar-refractivity contribution >= 4 is 5.97 Å². The number of carboxylic acids is 1. The monoisotopic (exact) mass is 315 g/mol. The molecule has 6 nitrogen and oxygen atoms in total. The van der Waals surface area contributed by atoms with Gasteiger partial charge < -0.3 is 14.7 Å². The third-order valence-corrected chi connectivity index (χ3v) is 4.24. The van der Waals surface area contributed by atoms with Crippen molar-refractivity contribution in [1.82, 2.24) is 14.7 Å². The molecule has 122 valence electrons. The lowest BCUT2D eigenvalue weighted by atomic mass is 10.1. The highest BCUT2D eigenvalue weighted by molar-refractivity contribution is 5.88. The van der Waals surface area contributed by atoms with Crippen LogP contribution in [0.3, 0.4) is 0 Å². The van der Waals surface area contributed by atoms with E-state index in [4.69, 9.17) is 4.74 Å². The Morgan fingerprint density at radius 2 is 2.00 bits per heavy atom. The zero-order valence-corrected chi connectivity index (χ0v) is 13.2. The van der Waals surface area contributed by atoms with Gasteiger partial charge in [-0.1, -0.05) is 30.3 Å². The Morgan fingerprint density at radius 3 is 2.65 bits per heavy atom. The van der Waals surface area contributed by atoms with Crippen LogP contribution in [0.2, 0.25) is 0 Å². The average Bonchev–Trinajstić information content (AvgIpc) is 2.99. The van der Waals surface area contributed by atoms with Gasteiger partial charge in [0.05, 0.1) is 12.2 Å². The molecule has 3 rings (SSSR count). The molecule has 2 heterocycles. The van der Waals surface area contributed by atoms with Crippen LogP contribution in [0.25, 0.3) is 0 Å². The lowest BCUT2D eigenvalue weighted by Crippen LogP contribution is -2.32. The summed E-state index contributed by atoms with van der Waals surface area (Å²) < 4.78 is 7.32. The predicted octanol–water partition coefficient (Wildman–Crippen LogP) is 2.43. The third-order valence-electron chi connectivity index (χ3n) is 4.24. The van der Waals surface area contributed by atoms with Gasteiger partial charge in [0.1, 0.15) is 6.61 Å². The maximum atomic E-state index is 11.7. The van der Waals surface area contributed by atoms with Crippen LogP contribution >= 0.6 is 0 Å². The maximum absolute atomic E-state index is 11.7. The quantitative estimate of drug-likeness (QED) is 0.918. The first-order valence-corrected chi connectivity index (χ1v) is 7.81. The van der Waals surface area contributed by atoms with Crippen LogP contribution in [-0.4, -0.2) is 45.9 Å². The van der Waals surface area contributed by atoms with E-state index in [1.165, 1.54) is 6.20 Å². The lowest BCUT2D eigenvalue weighted by Gasteiger charge is -2.29. The molecule has 0 unspecified atom stereocenters. The molecule has 23 heavy (non-hydrogen) atoms. The van der Waals surface area contributed by atoms with Gasteiger partial charge in [-0.05, 0) is 38.5 Å². The van der Waals surface area contributed by atoms with E-state index in [-0.39, 0.29) is 11.7 Å². The van der Waals surface area contributed by atoms with Gasteiger partial charge in [0, 0.05) is 0 Å². The number of carbonyl (C=O) groups is 1. The van der Waals surface area contributed by atoms with Crippen LogP contribution in [0.5, 0.6) is 5.75 Å². The molecule has 1 fully saturated rings. The third kappa shape index (κ3) is 3.53. The number of nitrogens with zero attached hydrogens (tertiary/aromatic N) is 3. The second-order valence-corrected chi connectivity index (χ2v) is 5.92. The number of aromatic nitrogens is 2. The summed E-state index contributed by atoms with van der Waals surface area (Å²) >= 11 is 0. The summed E-state index contributed by atoms with van der Waals surface area (Å²) in [5, 5.41) is 13.9. The van der Waals surface area contributed by atoms with Crippen LogP contribution in [0.1, 0.15) is 34.9 Å². The Hall–Kier alpha value is -2.34. The average molecular weight is 315 g/mol. The van der Waals surface area contributed by atoms with Gasteiger partial charge in [-0.15, -0.1) is 0 Å². The van der Waals surface area contributed by atoms with Crippen molar-refractivity contribution in [3.8, 4) is 5.75 Å². The number of hydrogen-bond donors (Lipinski definition) is 1. The van der Waals surface area contributed by atoms with E-state index in [9.17, 15) is 9.90 Å². The molecule has 0 radical (unpaired) electrons. The normalized spacial score (nSPS) is 16.4. The summed E-state index contributed by atoms with van der Waals surface area (Å²) in [5.41, 5.74) is 1.14. The number of aromatic carboxylic acids is 1. The van der Waals surface area contributed by atoms with Crippen molar-refractivity contribution in [3.05, 3.63) is 47.8 Å². The van der Waals surface area contributed by atoms with E-state index in [2.05, 4.69) is 17.0 Å². The van der Waals surface area contributed by atoms with Crippen LogP contribution in [0, 0.1) is 0 Å². The molecule has 6 heteroatoms. The Balaban J connectivity index is 1.77. The van der Waals surface area contributed by atoms with E-state index in [1.807, 2.05) is 30.3 Å². The molecule has 0 bridgehead atoms. The number of benzene rings is 1. The first kappa shape index (κ1) is 15.6. The van der Waals surface area contributed by atoms with E-state index in [0.29, 0.717) is 12.4 Å². The van der Waals surface area contributed by atoms with Crippen molar-refractivity contribution in [2.24, 2.45) is 0 Å². The number of rotatable bonds is 5. The smallest absolute Gasteiger partial charge is 0.358 e. The number of carboxylic acid groups (broad SMARTS) is 1. The molecule has 1 aliphatic rings. The van der Waals surface area contributed by atoms with Crippen LogP contribution < -0.4 is 4.74 Å². The summed E-state index contributed by atoms with van der Waals surface area (Å²) in [6.07, 6.45) is 3.32. The molecule has 1 aromatic heterocycles. The zero-order chi connectivity index (χ0) is 16.2. The first-order chi connectivity index (χ1) is 11.1. The molecule has 0 aliphatic carbocycles. The number of piperidine rings is 1. The number of ether oxygens (including phenoxy) is 1.